The molecule has 0 aliphatic carbocycles. The number of urea groups is 3. The van der Waals surface area contributed by atoms with Gasteiger partial charge in [-0.05, 0) is 143 Å². The third kappa shape index (κ3) is 35.1. The van der Waals surface area contributed by atoms with Gasteiger partial charge in [-0.2, -0.15) is 19.2 Å². The van der Waals surface area contributed by atoms with Crippen molar-refractivity contribution >= 4 is 83.6 Å². The highest BCUT2D eigenvalue weighted by Gasteiger charge is 2.23. The van der Waals surface area contributed by atoms with Gasteiger partial charge in [-0.3, -0.25) is 26.4 Å². The zero-order valence-electron chi connectivity index (χ0n) is 60.7. The van der Waals surface area contributed by atoms with Crippen LogP contribution in [-0.2, 0) is 14.8 Å². The first-order valence-corrected chi connectivity index (χ1v) is 39.6. The maximum Gasteiger partial charge on any atom is 0.333 e. The highest BCUT2D eigenvalue weighted by Crippen LogP contribution is 2.30. The molecule has 0 saturated heterocycles. The fraction of sp³-hybridized carbons (Fsp3) is 0.603. The Bertz CT molecular complexity index is 3330. The van der Waals surface area contributed by atoms with E-state index in [1.54, 1.807) is 36.5 Å². The van der Waals surface area contributed by atoms with E-state index in [-0.39, 0.29) is 24.1 Å². The summed E-state index contributed by atoms with van der Waals surface area (Å²) in [6.45, 7) is 22.9. The Morgan fingerprint density at radius 1 is 0.636 bits per heavy atom. The third-order valence-corrected chi connectivity index (χ3v) is 18.8. The van der Waals surface area contributed by atoms with Crippen LogP contribution in [-0.4, -0.2) is 96.8 Å². The van der Waals surface area contributed by atoms with Crippen molar-refractivity contribution in [2.24, 2.45) is 17.8 Å². The molecule has 0 saturated carbocycles. The molecular weight excluding hydrogens is 1310 g/mol. The molecule has 0 spiro atoms. The molecule has 23 nitrogen and oxygen atoms in total. The summed E-state index contributed by atoms with van der Waals surface area (Å²) in [5, 5.41) is 14.1. The Kier molecular flexibility index (Phi) is 39.7. The summed E-state index contributed by atoms with van der Waals surface area (Å²) in [7, 11) is -3.38. The van der Waals surface area contributed by atoms with Crippen LogP contribution in [0.15, 0.2) is 79.0 Å². The minimum atomic E-state index is -3.38. The molecule has 6 aromatic rings. The highest BCUT2D eigenvalue weighted by atomic mass is 32.2. The van der Waals surface area contributed by atoms with E-state index in [4.69, 9.17) is 14.2 Å². The van der Waals surface area contributed by atoms with Gasteiger partial charge in [-0.15, -0.1) is 0 Å². The van der Waals surface area contributed by atoms with Crippen molar-refractivity contribution in [3.8, 4) is 23.0 Å². The maximum absolute atomic E-state index is 12.7. The molecule has 0 fully saturated rings. The topological polar surface area (TPSA) is 297 Å². The summed E-state index contributed by atoms with van der Waals surface area (Å²) in [5.41, 5.74) is 22.8. The van der Waals surface area contributed by atoms with Crippen molar-refractivity contribution < 1.29 is 37.0 Å². The second-order valence-corrected chi connectivity index (χ2v) is 29.5. The first-order chi connectivity index (χ1) is 47.8. The lowest BCUT2D eigenvalue weighted by atomic mass is 9.93. The van der Waals surface area contributed by atoms with Crippen LogP contribution in [0.5, 0.6) is 11.6 Å². The van der Waals surface area contributed by atoms with Gasteiger partial charge < -0.3 is 35.5 Å². The molecule has 4 heterocycles. The number of hydrogen-bond acceptors (Lipinski definition) is 18. The lowest BCUT2D eigenvalue weighted by molar-refractivity contribution is 0.0895. The second kappa shape index (κ2) is 47.7. The summed E-state index contributed by atoms with van der Waals surface area (Å²) >= 11 is 2.46. The molecule has 550 valence electrons. The Hall–Kier alpha value is -7.26. The largest absolute Gasteiger partial charge is 0.493 e. The summed E-state index contributed by atoms with van der Waals surface area (Å²) < 4.78 is 51.4. The van der Waals surface area contributed by atoms with Gasteiger partial charge in [0.1, 0.15) is 16.4 Å². The molecule has 3 aromatic heterocycles. The standard InChI is InChI=1S/C28H48N4O2S.C27H46N6O3S2.C18H23N5O3/c1-4-6-8-10-11-13-16-24(15-12-9-7-5-2)22-34-20-14-19-29-28(33)31-30-27-25-21-23(3)17-18-26(25)32-35-27;1-6-11-20(3)13-8-9-15-23(18-17-21(4)12-7-2)28-26(34)30-31-27-29-25(32-37-27)22-14-10-16-24(19-22)33-38(5,35)36;1-12-6-7-15(13(2)11-12)25-10-4-9-20-17(24)22-23-18-21-14-5-3-8-19-16(14)26-18/h17-18,21,24,30H,4-16,19-20,22H2,1-3H3,(H2,29,31,33);10,14,16,19-21,23,33H,6-9,11-13,15,17-18H2,1-5H3,(H2,28,30,34)(H,29,31,32);3,5-8,11,18,21,23H,4,9-10H2,1-2H3,(H2,20,22,24). The maximum atomic E-state index is 12.7. The normalized spacial score (nSPS) is 13.5. The number of hydrogen-bond donors (Lipinski definition) is 11. The number of amides is 6. The van der Waals surface area contributed by atoms with Gasteiger partial charge in [0.25, 0.3) is 0 Å². The van der Waals surface area contributed by atoms with E-state index < -0.39 is 16.4 Å². The van der Waals surface area contributed by atoms with E-state index in [0.29, 0.717) is 72.6 Å². The first-order valence-electron chi connectivity index (χ1n) is 36.2. The summed E-state index contributed by atoms with van der Waals surface area (Å²) in [5.74, 6) is 3.91. The summed E-state index contributed by atoms with van der Waals surface area (Å²) in [6.07, 6.45) is 31.2. The van der Waals surface area contributed by atoms with Crippen molar-refractivity contribution in [1.29, 1.82) is 0 Å². The van der Waals surface area contributed by atoms with Crippen LogP contribution in [0.1, 0.15) is 212 Å². The monoisotopic (exact) mass is 1430 g/mol. The van der Waals surface area contributed by atoms with E-state index in [9.17, 15) is 22.8 Å². The van der Waals surface area contributed by atoms with Crippen molar-refractivity contribution in [3.05, 3.63) is 95.7 Å². The molecule has 0 radical (unpaired) electrons. The van der Waals surface area contributed by atoms with Gasteiger partial charge in [-0.25, -0.2) is 33.2 Å². The molecule has 6 amide bonds. The highest BCUT2D eigenvalue weighted by molar-refractivity contribution is 7.92. The molecule has 1 aliphatic heterocycles. The zero-order valence-corrected chi connectivity index (χ0v) is 63.1. The Labute approximate surface area is 598 Å². The number of carbonyl (C=O) groups is 3. The average molecular weight is 1430 g/mol. The molecule has 5 unspecified atom stereocenters. The van der Waals surface area contributed by atoms with Crippen LogP contribution in [0.25, 0.3) is 22.3 Å². The molecule has 5 atom stereocenters. The molecule has 99 heavy (non-hydrogen) atoms. The van der Waals surface area contributed by atoms with E-state index in [1.807, 2.05) is 44.2 Å². The zero-order chi connectivity index (χ0) is 71.5. The number of ether oxygens (including phenoxy) is 3. The van der Waals surface area contributed by atoms with Crippen molar-refractivity contribution in [2.75, 3.05) is 60.1 Å². The predicted molar refractivity (Wildman–Crippen MR) is 407 cm³/mol. The fourth-order valence-electron chi connectivity index (χ4n) is 11.4. The number of nitrogens with one attached hydrogen (secondary N) is 11. The number of unbranched alkanes of at least 4 members (excludes halogenated alkanes) is 9. The Balaban J connectivity index is 0.000000272. The van der Waals surface area contributed by atoms with E-state index in [1.165, 1.54) is 138 Å². The number of sulfonamides is 1. The van der Waals surface area contributed by atoms with E-state index >= 15 is 0 Å². The summed E-state index contributed by atoms with van der Waals surface area (Å²) in [4.78, 5) is 45.1. The van der Waals surface area contributed by atoms with Crippen LogP contribution in [0.4, 0.5) is 35.9 Å². The van der Waals surface area contributed by atoms with Crippen LogP contribution in [0.2, 0.25) is 0 Å². The SMILES string of the molecule is CCCC(C)CCCCC(CCC(C)CCC)NC(=O)NNc1nc(-c2cccc(NS(C)(=O)=O)c2)ns1.CCCCCCCCC(CCCCCC)COCCCNC(=O)NNc1snc2ccc(C)cc12.Cc1ccc(OCCCNC(=O)NNC2Nc3cccnc3O2)c(C)c1. The number of nitrogens with zero attached hydrogens (tertiary/aromatic N) is 4. The molecule has 11 N–H and O–H groups in total. The quantitative estimate of drug-likeness (QED) is 0.0125. The number of hydrazine groups is 3. The predicted octanol–water partition coefficient (Wildman–Crippen LogP) is 16.8. The van der Waals surface area contributed by atoms with Crippen LogP contribution >= 0.6 is 23.1 Å². The van der Waals surface area contributed by atoms with Gasteiger partial charge in [-0.1, -0.05) is 192 Å². The lowest BCUT2D eigenvalue weighted by Crippen LogP contribution is -2.52. The Morgan fingerprint density at radius 2 is 1.29 bits per heavy atom. The van der Waals surface area contributed by atoms with Gasteiger partial charge in [0.05, 0.1) is 18.4 Å². The number of pyridine rings is 1. The number of benzene rings is 3. The van der Waals surface area contributed by atoms with Crippen molar-refractivity contribution in [3.63, 3.8) is 0 Å². The van der Waals surface area contributed by atoms with Gasteiger partial charge in [0, 0.05) is 66.7 Å². The molecule has 3 aromatic carbocycles. The van der Waals surface area contributed by atoms with Gasteiger partial charge in [0.15, 0.2) is 5.82 Å². The fourth-order valence-corrected chi connectivity index (χ4v) is 13.2. The molecule has 7 rings (SSSR count). The molecule has 26 heteroatoms. The number of aromatic nitrogens is 4. The van der Waals surface area contributed by atoms with Crippen molar-refractivity contribution in [2.45, 2.75) is 229 Å². The minimum absolute atomic E-state index is 0.132. The Morgan fingerprint density at radius 3 is 2.01 bits per heavy atom. The second-order valence-electron chi connectivity index (χ2n) is 26.2. The van der Waals surface area contributed by atoms with E-state index in [2.05, 4.69) is 138 Å². The van der Waals surface area contributed by atoms with Gasteiger partial charge in [0.2, 0.25) is 27.4 Å². The molecule has 1 aliphatic rings. The third-order valence-electron chi connectivity index (χ3n) is 16.8. The number of anilines is 4. The number of aryl methyl sites for hydroxylation is 3. The molecular formula is C73H117N15O8S3. The van der Waals surface area contributed by atoms with Gasteiger partial charge >= 0.3 is 18.1 Å². The van der Waals surface area contributed by atoms with Crippen molar-refractivity contribution in [1.82, 2.24) is 56.4 Å². The van der Waals surface area contributed by atoms with Crippen LogP contribution in [0, 0.1) is 38.5 Å². The number of fused-ring (bicyclic) bond motifs is 2. The summed E-state index contributed by atoms with van der Waals surface area (Å²) in [6, 6.07) is 22.0. The number of rotatable bonds is 45. The number of carbonyl (C=O) groups excluding carboxylic acids is 3. The lowest BCUT2D eigenvalue weighted by Gasteiger charge is -2.21. The smallest absolute Gasteiger partial charge is 0.333 e. The molecule has 0 bridgehead atoms. The van der Waals surface area contributed by atoms with Crippen LogP contribution in [0.3, 0.4) is 0 Å². The van der Waals surface area contributed by atoms with Crippen LogP contribution < -0.4 is 68.0 Å². The first kappa shape index (κ1) is 82.4. The minimum Gasteiger partial charge on any atom is -0.493 e. The van der Waals surface area contributed by atoms with E-state index in [0.717, 1.165) is 95.3 Å². The average Bonchev–Trinajstić information content (AvgIpc) is 1.77.